The zero-order chi connectivity index (χ0) is 33.5. The molecule has 1 aromatic carbocycles. The Morgan fingerprint density at radius 3 is 2.49 bits per heavy atom. The van der Waals surface area contributed by atoms with Crippen LogP contribution < -0.4 is 11.0 Å². The number of nitrogens with zero attached hydrogens (tertiary/aromatic N) is 6. The van der Waals surface area contributed by atoms with Crippen LogP contribution in [-0.4, -0.2) is 55.8 Å². The van der Waals surface area contributed by atoms with Crippen LogP contribution in [0.5, 0.6) is 0 Å². The monoisotopic (exact) mass is 673 g/mol. The van der Waals surface area contributed by atoms with Crippen LogP contribution in [0.1, 0.15) is 62.5 Å². The Balaban J connectivity index is 1.16. The molecular weight excluding hydrogens is 630 g/mol. The van der Waals surface area contributed by atoms with Gasteiger partial charge in [0, 0.05) is 24.2 Å². The number of nitrogens with one attached hydrogen (secondary N) is 1. The van der Waals surface area contributed by atoms with Gasteiger partial charge in [0.2, 0.25) is 0 Å². The van der Waals surface area contributed by atoms with Crippen LogP contribution in [0.3, 0.4) is 0 Å². The van der Waals surface area contributed by atoms with Crippen LogP contribution in [0.15, 0.2) is 59.8 Å². The fraction of sp³-hybridized carbons (Fsp3) is 0.457. The van der Waals surface area contributed by atoms with Gasteiger partial charge in [-0.3, -0.25) is 18.9 Å². The summed E-state index contributed by atoms with van der Waals surface area (Å²) in [5, 5.41) is 9.22. The van der Waals surface area contributed by atoms with Crippen molar-refractivity contribution in [3.05, 3.63) is 81.8 Å². The van der Waals surface area contributed by atoms with E-state index in [0.29, 0.717) is 47.6 Å². The molecule has 0 atom stereocenters. The Morgan fingerprint density at radius 1 is 1.04 bits per heavy atom. The lowest BCUT2D eigenvalue weighted by Gasteiger charge is -2.36. The number of pyridine rings is 2. The van der Waals surface area contributed by atoms with Gasteiger partial charge < -0.3 is 9.74 Å². The van der Waals surface area contributed by atoms with Gasteiger partial charge in [0.15, 0.2) is 14.0 Å². The third-order valence-electron chi connectivity index (χ3n) is 10.0. The van der Waals surface area contributed by atoms with Crippen LogP contribution in [0, 0.1) is 12.8 Å². The van der Waals surface area contributed by atoms with Gasteiger partial charge in [-0.1, -0.05) is 44.5 Å². The van der Waals surface area contributed by atoms with E-state index in [1.54, 1.807) is 23.0 Å². The van der Waals surface area contributed by atoms with Crippen molar-refractivity contribution in [2.24, 2.45) is 5.92 Å². The molecule has 4 aromatic heterocycles. The van der Waals surface area contributed by atoms with E-state index in [0.717, 1.165) is 47.8 Å². The molecule has 12 heteroatoms. The van der Waals surface area contributed by atoms with Gasteiger partial charge in [-0.15, -0.1) is 0 Å². The number of imidazole rings is 1. The van der Waals surface area contributed by atoms with Crippen molar-refractivity contribution in [1.29, 1.82) is 0 Å². The smallest absolute Gasteiger partial charge is 0.333 e. The van der Waals surface area contributed by atoms with E-state index in [1.807, 2.05) is 52.7 Å². The maximum Gasteiger partial charge on any atom is 0.333 e. The number of amides is 1. The predicted octanol–water partition coefficient (Wildman–Crippen LogP) is 6.90. The first-order chi connectivity index (χ1) is 22.3. The average molecular weight is 674 g/mol. The van der Waals surface area contributed by atoms with E-state index in [1.165, 1.54) is 0 Å². The van der Waals surface area contributed by atoms with Gasteiger partial charge in [-0.05, 0) is 80.9 Å². The van der Waals surface area contributed by atoms with Crippen molar-refractivity contribution in [2.75, 3.05) is 6.61 Å². The second-order valence-corrected chi connectivity index (χ2v) is 19.5. The van der Waals surface area contributed by atoms with Crippen LogP contribution in [0.25, 0.3) is 27.8 Å². The van der Waals surface area contributed by atoms with E-state index in [9.17, 15) is 9.59 Å². The molecule has 0 bridgehead atoms. The molecule has 1 N–H and O–H groups in total. The number of carbonyl (C=O) groups excluding carboxylic acids is 1. The van der Waals surface area contributed by atoms with Crippen LogP contribution in [-0.2, 0) is 17.5 Å². The summed E-state index contributed by atoms with van der Waals surface area (Å²) in [7, 11) is -1.86. The number of benzene rings is 1. The quantitative estimate of drug-likeness (QED) is 0.171. The zero-order valence-corrected chi connectivity index (χ0v) is 29.8. The standard InChI is InChI=1S/C35H44ClN7O3Si/c1-23-29(18-26(36)20-37-23)33(44)40-27-13-11-24(12-14-27)22-41-30-9-7-8-10-31(30)43(34(41)45)28-17-25-19-39-42(32(25)38-21-28)15-16-46-47(5,6)35(2,3)4/h7-10,17-21,24,27H,11-16,22H2,1-6H3,(H,40,44)/t24-,27-. The minimum atomic E-state index is -1.86. The number of para-hydroxylation sites is 2. The summed E-state index contributed by atoms with van der Waals surface area (Å²) in [6, 6.07) is 11.7. The lowest BCUT2D eigenvalue weighted by Crippen LogP contribution is -2.41. The topological polar surface area (TPSA) is 109 Å². The number of rotatable bonds is 9. The molecule has 1 fully saturated rings. The van der Waals surface area contributed by atoms with E-state index >= 15 is 0 Å². The molecule has 4 heterocycles. The molecule has 0 radical (unpaired) electrons. The van der Waals surface area contributed by atoms with Crippen LogP contribution >= 0.6 is 11.6 Å². The maximum absolute atomic E-state index is 14.0. The van der Waals surface area contributed by atoms with Gasteiger partial charge in [0.25, 0.3) is 5.91 Å². The first kappa shape index (κ1) is 33.1. The third-order valence-corrected chi connectivity index (χ3v) is 14.8. The molecule has 1 amide bonds. The number of carbonyl (C=O) groups is 1. The molecule has 6 rings (SSSR count). The first-order valence-corrected chi connectivity index (χ1v) is 19.7. The Kier molecular flexibility index (Phi) is 9.16. The Labute approximate surface area is 281 Å². The van der Waals surface area contributed by atoms with E-state index in [-0.39, 0.29) is 22.7 Å². The molecule has 248 valence electrons. The van der Waals surface area contributed by atoms with E-state index < -0.39 is 8.32 Å². The van der Waals surface area contributed by atoms with Crippen molar-refractivity contribution in [2.45, 2.75) is 90.6 Å². The number of hydrogen-bond donors (Lipinski definition) is 1. The molecule has 0 saturated heterocycles. The number of hydrogen-bond acceptors (Lipinski definition) is 6. The van der Waals surface area contributed by atoms with Crippen LogP contribution in [0.4, 0.5) is 0 Å². The number of fused-ring (bicyclic) bond motifs is 2. The summed E-state index contributed by atoms with van der Waals surface area (Å²) < 4.78 is 11.9. The van der Waals surface area contributed by atoms with Crippen LogP contribution in [0.2, 0.25) is 23.2 Å². The summed E-state index contributed by atoms with van der Waals surface area (Å²) in [6.45, 7) is 14.8. The molecule has 0 unspecified atom stereocenters. The van der Waals surface area contributed by atoms with Crippen molar-refractivity contribution < 1.29 is 9.22 Å². The molecule has 0 aliphatic heterocycles. The number of aromatic nitrogens is 6. The molecule has 0 spiro atoms. The average Bonchev–Trinajstić information content (AvgIpc) is 3.56. The highest BCUT2D eigenvalue weighted by Gasteiger charge is 2.37. The highest BCUT2D eigenvalue weighted by atomic mass is 35.5. The first-order valence-electron chi connectivity index (χ1n) is 16.4. The fourth-order valence-corrected chi connectivity index (χ4v) is 7.42. The lowest BCUT2D eigenvalue weighted by molar-refractivity contribution is 0.0919. The zero-order valence-electron chi connectivity index (χ0n) is 28.1. The third kappa shape index (κ3) is 6.79. The predicted molar refractivity (Wildman–Crippen MR) is 189 cm³/mol. The summed E-state index contributed by atoms with van der Waals surface area (Å²) >= 11 is 6.08. The normalized spacial score (nSPS) is 17.4. The van der Waals surface area contributed by atoms with Crippen molar-refractivity contribution in [3.8, 4) is 5.69 Å². The summed E-state index contributed by atoms with van der Waals surface area (Å²) in [5.74, 6) is 0.179. The number of aryl methyl sites for hydroxylation is 1. The SMILES string of the molecule is Cc1ncc(Cl)cc1C(=O)N[C@H]1CC[C@H](Cn2c(=O)n(-c3cnc4c(cnn4CCO[Si](C)(C)C(C)(C)C)c3)c3ccccc32)CC1. The largest absolute Gasteiger partial charge is 0.415 e. The maximum atomic E-state index is 14.0. The summed E-state index contributed by atoms with van der Waals surface area (Å²) in [5.41, 5.74) is 4.32. The van der Waals surface area contributed by atoms with E-state index in [4.69, 9.17) is 21.0 Å². The van der Waals surface area contributed by atoms with Gasteiger partial charge in [-0.25, -0.2) is 14.5 Å². The molecule has 5 aromatic rings. The molecule has 1 saturated carbocycles. The lowest BCUT2D eigenvalue weighted by atomic mass is 9.85. The Hall–Kier alpha value is -3.80. The van der Waals surface area contributed by atoms with Crippen molar-refractivity contribution >= 4 is 47.9 Å². The summed E-state index contributed by atoms with van der Waals surface area (Å²) in [6.07, 6.45) is 8.65. The van der Waals surface area contributed by atoms with Gasteiger partial charge in [0.05, 0.1) is 58.5 Å². The van der Waals surface area contributed by atoms with Crippen molar-refractivity contribution in [1.82, 2.24) is 34.2 Å². The molecule has 1 aliphatic rings. The molecule has 1 aliphatic carbocycles. The minimum absolute atomic E-state index is 0.0764. The fourth-order valence-electron chi connectivity index (χ4n) is 6.23. The number of halogens is 1. The second-order valence-electron chi connectivity index (χ2n) is 14.3. The van der Waals surface area contributed by atoms with Gasteiger partial charge in [-0.2, -0.15) is 5.10 Å². The highest BCUT2D eigenvalue weighted by Crippen LogP contribution is 2.36. The minimum Gasteiger partial charge on any atom is -0.415 e. The Bertz CT molecular complexity index is 1980. The van der Waals surface area contributed by atoms with E-state index in [2.05, 4.69) is 49.3 Å². The van der Waals surface area contributed by atoms with Gasteiger partial charge in [0.1, 0.15) is 0 Å². The summed E-state index contributed by atoms with van der Waals surface area (Å²) in [4.78, 5) is 35.9. The van der Waals surface area contributed by atoms with Crippen molar-refractivity contribution in [3.63, 3.8) is 0 Å². The second kappa shape index (κ2) is 13.0. The highest BCUT2D eigenvalue weighted by molar-refractivity contribution is 6.74. The Morgan fingerprint density at radius 2 is 1.77 bits per heavy atom. The van der Waals surface area contributed by atoms with Gasteiger partial charge >= 0.3 is 5.69 Å². The molecule has 47 heavy (non-hydrogen) atoms. The molecular formula is C35H44ClN7O3Si. The molecule has 10 nitrogen and oxygen atoms in total.